The van der Waals surface area contributed by atoms with Crippen LogP contribution >= 0.6 is 11.6 Å². The summed E-state index contributed by atoms with van der Waals surface area (Å²) >= 11 is 6.05. The van der Waals surface area contributed by atoms with Crippen molar-refractivity contribution in [2.75, 3.05) is 13.1 Å². The lowest BCUT2D eigenvalue weighted by atomic mass is 9.77. The van der Waals surface area contributed by atoms with Gasteiger partial charge in [0.15, 0.2) is 0 Å². The number of allylic oxidation sites excluding steroid dienone is 2. The van der Waals surface area contributed by atoms with Gasteiger partial charge in [-0.25, -0.2) is 0 Å². The molecule has 3 nitrogen and oxygen atoms in total. The molecule has 3 aliphatic rings. The first-order chi connectivity index (χ1) is 14.6. The second-order valence-electron chi connectivity index (χ2n) is 8.15. The highest BCUT2D eigenvalue weighted by Crippen LogP contribution is 2.49. The first kappa shape index (κ1) is 19.3. The molecule has 152 valence electrons. The molecule has 30 heavy (non-hydrogen) atoms. The fourth-order valence-electron chi connectivity index (χ4n) is 4.90. The van der Waals surface area contributed by atoms with Crippen molar-refractivity contribution in [2.45, 2.75) is 31.7 Å². The predicted molar refractivity (Wildman–Crippen MR) is 123 cm³/mol. The molecule has 1 saturated heterocycles. The van der Waals surface area contributed by atoms with Crippen molar-refractivity contribution in [3.05, 3.63) is 99.9 Å². The standard InChI is InChI=1S/C26H25ClN2O/c1-19-18-28-25-17-23(30-22-5-3-2-4-6-22)11-14-26(25)24(19)13-16-29(26)15-12-20-7-9-21(27)10-8-20/h2-11,17-18H,12-16H2,1H3. The smallest absolute Gasteiger partial charge is 0.127 e. The molecule has 2 aromatic rings. The van der Waals surface area contributed by atoms with Gasteiger partial charge in [-0.2, -0.15) is 0 Å². The lowest BCUT2D eigenvalue weighted by Crippen LogP contribution is -2.49. The summed E-state index contributed by atoms with van der Waals surface area (Å²) in [6.07, 6.45) is 9.36. The molecule has 0 amide bonds. The van der Waals surface area contributed by atoms with Crippen LogP contribution in [0.1, 0.15) is 25.3 Å². The highest BCUT2D eigenvalue weighted by atomic mass is 35.5. The number of likely N-dealkylation sites (tertiary alicyclic amines) is 1. The van der Waals surface area contributed by atoms with Gasteiger partial charge in [-0.3, -0.25) is 9.89 Å². The molecule has 0 saturated carbocycles. The van der Waals surface area contributed by atoms with Gasteiger partial charge < -0.3 is 4.74 Å². The van der Waals surface area contributed by atoms with E-state index in [9.17, 15) is 0 Å². The third kappa shape index (κ3) is 3.42. The summed E-state index contributed by atoms with van der Waals surface area (Å²) in [5.74, 6) is 1.73. The number of rotatable bonds is 5. The summed E-state index contributed by atoms with van der Waals surface area (Å²) in [5, 5.41) is 0.787. The Morgan fingerprint density at radius 2 is 1.90 bits per heavy atom. The second-order valence-corrected chi connectivity index (χ2v) is 8.59. The normalized spacial score (nSPS) is 23.0. The Labute approximate surface area is 183 Å². The summed E-state index contributed by atoms with van der Waals surface area (Å²) in [4.78, 5) is 7.48. The summed E-state index contributed by atoms with van der Waals surface area (Å²) in [5.41, 5.74) is 5.10. The third-order valence-corrected chi connectivity index (χ3v) is 6.66. The molecule has 0 aromatic heterocycles. The number of aliphatic imine (C=N–C) groups is 1. The van der Waals surface area contributed by atoms with Crippen LogP contribution in [-0.2, 0) is 6.42 Å². The van der Waals surface area contributed by atoms with Gasteiger partial charge in [0.1, 0.15) is 11.5 Å². The number of nitrogens with zero attached hydrogens (tertiary/aromatic N) is 2. The summed E-state index contributed by atoms with van der Waals surface area (Å²) in [7, 11) is 0. The molecule has 1 atom stereocenters. The lowest BCUT2D eigenvalue weighted by Gasteiger charge is -2.43. The minimum atomic E-state index is -0.130. The van der Waals surface area contributed by atoms with Crippen LogP contribution in [0.5, 0.6) is 5.75 Å². The Kier molecular flexibility index (Phi) is 5.10. The van der Waals surface area contributed by atoms with E-state index >= 15 is 0 Å². The van der Waals surface area contributed by atoms with E-state index < -0.39 is 0 Å². The number of hydrogen-bond donors (Lipinski definition) is 0. The molecule has 0 N–H and O–H groups in total. The molecule has 2 heterocycles. The molecule has 2 aromatic carbocycles. The maximum atomic E-state index is 6.12. The Balaban J connectivity index is 1.40. The van der Waals surface area contributed by atoms with Crippen molar-refractivity contribution in [1.29, 1.82) is 0 Å². The molecular weight excluding hydrogens is 392 g/mol. The number of dihydropyridines is 1. The molecule has 5 rings (SSSR count). The van der Waals surface area contributed by atoms with E-state index in [4.69, 9.17) is 21.3 Å². The number of benzene rings is 2. The molecule has 1 unspecified atom stereocenters. The van der Waals surface area contributed by atoms with Crippen molar-refractivity contribution in [3.63, 3.8) is 0 Å². The largest absolute Gasteiger partial charge is 0.458 e. The number of hydrogen-bond acceptors (Lipinski definition) is 3. The molecule has 1 spiro atoms. The molecule has 4 heteroatoms. The van der Waals surface area contributed by atoms with Crippen LogP contribution in [0.25, 0.3) is 0 Å². The quantitative estimate of drug-likeness (QED) is 0.599. The second kappa shape index (κ2) is 7.90. The number of ether oxygens (including phenoxy) is 1. The van der Waals surface area contributed by atoms with E-state index in [0.29, 0.717) is 0 Å². The van der Waals surface area contributed by atoms with Crippen molar-refractivity contribution in [2.24, 2.45) is 4.99 Å². The molecule has 1 fully saturated rings. The van der Waals surface area contributed by atoms with Gasteiger partial charge in [0.2, 0.25) is 0 Å². The third-order valence-electron chi connectivity index (χ3n) is 6.41. The molecule has 0 radical (unpaired) electrons. The van der Waals surface area contributed by atoms with Crippen LogP contribution in [0, 0.1) is 0 Å². The van der Waals surface area contributed by atoms with Crippen LogP contribution in [0.15, 0.2) is 94.3 Å². The molecule has 0 bridgehead atoms. The maximum Gasteiger partial charge on any atom is 0.127 e. The topological polar surface area (TPSA) is 24.8 Å². The first-order valence-corrected chi connectivity index (χ1v) is 10.9. The summed E-state index contributed by atoms with van der Waals surface area (Å²) in [6, 6.07) is 18.1. The average molecular weight is 417 g/mol. The zero-order valence-electron chi connectivity index (χ0n) is 17.1. The SMILES string of the molecule is CC1=C2CCN(CCc3ccc(Cl)cc3)C23CC=C(Oc2ccccc2)C=C3N=C1. The van der Waals surface area contributed by atoms with Crippen molar-refractivity contribution >= 4 is 17.8 Å². The van der Waals surface area contributed by atoms with Crippen LogP contribution in [0.3, 0.4) is 0 Å². The monoisotopic (exact) mass is 416 g/mol. The van der Waals surface area contributed by atoms with Gasteiger partial charge in [0.05, 0.1) is 11.2 Å². The Hall–Kier alpha value is -2.62. The lowest BCUT2D eigenvalue weighted by molar-refractivity contribution is 0.192. The van der Waals surface area contributed by atoms with Gasteiger partial charge in [0, 0.05) is 30.4 Å². The van der Waals surface area contributed by atoms with Crippen molar-refractivity contribution in [1.82, 2.24) is 4.90 Å². The van der Waals surface area contributed by atoms with Gasteiger partial charge in [-0.15, -0.1) is 0 Å². The first-order valence-electron chi connectivity index (χ1n) is 10.5. The van der Waals surface area contributed by atoms with Crippen molar-refractivity contribution < 1.29 is 4.74 Å². The van der Waals surface area contributed by atoms with E-state index in [1.165, 1.54) is 16.7 Å². The van der Waals surface area contributed by atoms with E-state index in [0.717, 1.165) is 54.6 Å². The maximum absolute atomic E-state index is 6.12. The van der Waals surface area contributed by atoms with Crippen LogP contribution in [0.2, 0.25) is 5.02 Å². The Bertz CT molecular complexity index is 1070. The molecule has 2 aliphatic heterocycles. The molecular formula is C26H25ClN2O. The van der Waals surface area contributed by atoms with Crippen LogP contribution in [0.4, 0.5) is 0 Å². The summed E-state index contributed by atoms with van der Waals surface area (Å²) in [6.45, 7) is 4.25. The van der Waals surface area contributed by atoms with E-state index in [2.05, 4.69) is 36.1 Å². The summed E-state index contributed by atoms with van der Waals surface area (Å²) < 4.78 is 6.12. The van der Waals surface area contributed by atoms with E-state index in [-0.39, 0.29) is 5.54 Å². The van der Waals surface area contributed by atoms with Gasteiger partial charge in [-0.1, -0.05) is 41.9 Å². The van der Waals surface area contributed by atoms with E-state index in [1.54, 1.807) is 0 Å². The van der Waals surface area contributed by atoms with E-state index in [1.807, 2.05) is 48.7 Å². The Morgan fingerprint density at radius 3 is 2.70 bits per heavy atom. The van der Waals surface area contributed by atoms with Gasteiger partial charge in [-0.05, 0) is 73.2 Å². The minimum absolute atomic E-state index is 0.130. The average Bonchev–Trinajstić information content (AvgIpc) is 3.14. The predicted octanol–water partition coefficient (Wildman–Crippen LogP) is 5.98. The molecule has 1 aliphatic carbocycles. The Morgan fingerprint density at radius 1 is 1.10 bits per heavy atom. The zero-order valence-corrected chi connectivity index (χ0v) is 17.9. The minimum Gasteiger partial charge on any atom is -0.458 e. The number of halogens is 1. The zero-order chi connectivity index (χ0) is 20.6. The highest BCUT2D eigenvalue weighted by molar-refractivity contribution is 6.30. The number of para-hydroxylation sites is 1. The fourth-order valence-corrected chi connectivity index (χ4v) is 5.02. The highest BCUT2D eigenvalue weighted by Gasteiger charge is 2.50. The van der Waals surface area contributed by atoms with Gasteiger partial charge in [0.25, 0.3) is 0 Å². The van der Waals surface area contributed by atoms with Crippen LogP contribution in [-0.4, -0.2) is 29.7 Å². The fraction of sp³-hybridized carbons (Fsp3) is 0.269. The van der Waals surface area contributed by atoms with Crippen molar-refractivity contribution in [3.8, 4) is 5.75 Å². The van der Waals surface area contributed by atoms with Crippen LogP contribution < -0.4 is 4.74 Å². The van der Waals surface area contributed by atoms with Gasteiger partial charge >= 0.3 is 0 Å².